The van der Waals surface area contributed by atoms with E-state index in [0.717, 1.165) is 6.29 Å². The number of amides is 2. The molecule has 110 valence electrons. The zero-order chi connectivity index (χ0) is 15.1. The molecule has 0 fully saturated rings. The quantitative estimate of drug-likeness (QED) is 0.501. The van der Waals surface area contributed by atoms with Crippen molar-refractivity contribution < 1.29 is 24.6 Å². The molecule has 0 aliphatic heterocycles. The van der Waals surface area contributed by atoms with Crippen LogP contribution in [0.3, 0.4) is 0 Å². The summed E-state index contributed by atoms with van der Waals surface area (Å²) in [4.78, 5) is 31.9. The Morgan fingerprint density at radius 3 is 2.26 bits per heavy atom. The number of carboxylic acid groups (broad SMARTS) is 2. The van der Waals surface area contributed by atoms with Crippen LogP contribution in [0.15, 0.2) is 0 Å². The van der Waals surface area contributed by atoms with Crippen LogP contribution in [0.25, 0.3) is 0 Å². The zero-order valence-corrected chi connectivity index (χ0v) is 11.5. The van der Waals surface area contributed by atoms with Crippen molar-refractivity contribution >= 4 is 18.5 Å². The highest BCUT2D eigenvalue weighted by Gasteiger charge is 2.27. The molecule has 0 saturated carbocycles. The molecule has 0 radical (unpaired) electrons. The largest absolute Gasteiger partial charge is 0.465 e. The summed E-state index contributed by atoms with van der Waals surface area (Å²) in [7, 11) is 0. The fourth-order valence-electron chi connectivity index (χ4n) is 1.89. The smallest absolute Gasteiger partial charge is 0.404 e. The van der Waals surface area contributed by atoms with Crippen molar-refractivity contribution in [1.82, 2.24) is 10.6 Å². The average Bonchev–Trinajstić information content (AvgIpc) is 2.23. The van der Waals surface area contributed by atoms with Gasteiger partial charge in [0.2, 0.25) is 0 Å². The summed E-state index contributed by atoms with van der Waals surface area (Å²) in [5, 5.41) is 21.6. The summed E-state index contributed by atoms with van der Waals surface area (Å²) in [5.41, 5.74) is -0.261. The lowest BCUT2D eigenvalue weighted by Gasteiger charge is -2.30. The van der Waals surface area contributed by atoms with Crippen LogP contribution in [0.2, 0.25) is 0 Å². The van der Waals surface area contributed by atoms with E-state index in [1.165, 1.54) is 0 Å². The highest BCUT2D eigenvalue weighted by molar-refractivity contribution is 5.66. The van der Waals surface area contributed by atoms with Crippen LogP contribution in [0, 0.1) is 11.3 Å². The molecule has 2 atom stereocenters. The van der Waals surface area contributed by atoms with Gasteiger partial charge >= 0.3 is 12.2 Å². The first-order valence-electron chi connectivity index (χ1n) is 6.09. The van der Waals surface area contributed by atoms with Gasteiger partial charge in [0.05, 0.1) is 0 Å². The number of hydrogen-bond acceptors (Lipinski definition) is 3. The third-order valence-corrected chi connectivity index (χ3v) is 3.03. The molecule has 0 aromatic rings. The average molecular weight is 274 g/mol. The lowest BCUT2D eigenvalue weighted by Crippen LogP contribution is -2.40. The summed E-state index contributed by atoms with van der Waals surface area (Å²) < 4.78 is 0. The van der Waals surface area contributed by atoms with Crippen LogP contribution in [-0.2, 0) is 4.79 Å². The number of aldehydes is 1. The lowest BCUT2D eigenvalue weighted by atomic mass is 9.78. The molecule has 0 aliphatic carbocycles. The maximum absolute atomic E-state index is 11.0. The van der Waals surface area contributed by atoms with Crippen molar-refractivity contribution in [2.45, 2.75) is 39.7 Å². The van der Waals surface area contributed by atoms with Crippen LogP contribution in [0.5, 0.6) is 0 Å². The van der Waals surface area contributed by atoms with Crippen molar-refractivity contribution in [3.8, 4) is 0 Å². The van der Waals surface area contributed by atoms with Crippen LogP contribution < -0.4 is 10.6 Å². The summed E-state index contributed by atoms with van der Waals surface area (Å²) in [6.07, 6.45) is -0.441. The minimum Gasteiger partial charge on any atom is -0.465 e. The van der Waals surface area contributed by atoms with E-state index in [1.54, 1.807) is 6.92 Å². The molecule has 0 spiro atoms. The van der Waals surface area contributed by atoms with Crippen LogP contribution in [0.4, 0.5) is 9.59 Å². The van der Waals surface area contributed by atoms with Gasteiger partial charge in [-0.3, -0.25) is 0 Å². The molecule has 4 N–H and O–H groups in total. The third-order valence-electron chi connectivity index (χ3n) is 3.03. The van der Waals surface area contributed by atoms with Crippen LogP contribution in [0.1, 0.15) is 33.6 Å². The molecule has 0 rings (SSSR count). The second kappa shape index (κ2) is 7.60. The van der Waals surface area contributed by atoms with Gasteiger partial charge in [0.1, 0.15) is 6.29 Å². The Kier molecular flexibility index (Phi) is 6.89. The van der Waals surface area contributed by atoms with Crippen molar-refractivity contribution in [2.24, 2.45) is 11.3 Å². The Labute approximate surface area is 112 Å². The second-order valence-corrected chi connectivity index (χ2v) is 5.39. The Balaban J connectivity index is 4.37. The number of hydrogen-bond donors (Lipinski definition) is 4. The third kappa shape index (κ3) is 8.01. The van der Waals surface area contributed by atoms with E-state index in [2.05, 4.69) is 10.6 Å². The zero-order valence-electron chi connectivity index (χ0n) is 11.5. The molecular formula is C12H22N2O5. The number of nitrogens with one attached hydrogen (secondary N) is 2. The standard InChI is InChI=1S/C12H22N2O5/c1-8(14-11(18)19)9(7-15)6-12(2,3)4-5-13-10(16)17/h7-9,13-14H,4-6H2,1-3H3,(H,16,17)(H,18,19)/t8-,9+/m1/s1. The Hall–Kier alpha value is -1.79. The monoisotopic (exact) mass is 274 g/mol. The van der Waals surface area contributed by atoms with Gasteiger partial charge in [-0.1, -0.05) is 13.8 Å². The molecule has 7 nitrogen and oxygen atoms in total. The second-order valence-electron chi connectivity index (χ2n) is 5.39. The minimum absolute atomic E-state index is 0.261. The predicted octanol–water partition coefficient (Wildman–Crippen LogP) is 1.53. The Bertz CT molecular complexity index is 330. The Morgan fingerprint density at radius 1 is 1.26 bits per heavy atom. The van der Waals surface area contributed by atoms with Gasteiger partial charge in [-0.2, -0.15) is 0 Å². The van der Waals surface area contributed by atoms with E-state index in [4.69, 9.17) is 10.2 Å². The minimum atomic E-state index is -1.16. The molecule has 0 saturated heterocycles. The van der Waals surface area contributed by atoms with E-state index in [9.17, 15) is 14.4 Å². The molecule has 7 heteroatoms. The first-order chi connectivity index (χ1) is 8.68. The van der Waals surface area contributed by atoms with Gasteiger partial charge in [-0.05, 0) is 25.2 Å². The van der Waals surface area contributed by atoms with Gasteiger partial charge in [-0.15, -0.1) is 0 Å². The van der Waals surface area contributed by atoms with E-state index in [1.807, 2.05) is 13.8 Å². The lowest BCUT2D eigenvalue weighted by molar-refractivity contribution is -0.112. The van der Waals surface area contributed by atoms with Crippen LogP contribution in [-0.4, -0.2) is 41.3 Å². The molecule has 0 aromatic heterocycles. The van der Waals surface area contributed by atoms with E-state index in [0.29, 0.717) is 19.4 Å². The predicted molar refractivity (Wildman–Crippen MR) is 69.2 cm³/mol. The normalized spacial score (nSPS) is 14.3. The number of carbonyl (C=O) groups is 3. The Morgan fingerprint density at radius 2 is 1.84 bits per heavy atom. The van der Waals surface area contributed by atoms with Gasteiger partial charge in [0.15, 0.2) is 0 Å². The summed E-state index contributed by atoms with van der Waals surface area (Å²) in [6, 6.07) is -0.471. The summed E-state index contributed by atoms with van der Waals surface area (Å²) >= 11 is 0. The SMILES string of the molecule is C[C@@H](NC(=O)O)[C@H](C=O)CC(C)(C)CCNC(=O)O. The van der Waals surface area contributed by atoms with E-state index in [-0.39, 0.29) is 5.41 Å². The van der Waals surface area contributed by atoms with Crippen molar-refractivity contribution in [3.05, 3.63) is 0 Å². The molecule has 0 bridgehead atoms. The molecule has 0 aromatic carbocycles. The fourth-order valence-corrected chi connectivity index (χ4v) is 1.89. The highest BCUT2D eigenvalue weighted by Crippen LogP contribution is 2.29. The molecule has 0 aliphatic rings. The van der Waals surface area contributed by atoms with Crippen LogP contribution >= 0.6 is 0 Å². The molecule has 0 unspecified atom stereocenters. The fraction of sp³-hybridized carbons (Fsp3) is 0.750. The maximum Gasteiger partial charge on any atom is 0.404 e. The molecular weight excluding hydrogens is 252 g/mol. The molecule has 19 heavy (non-hydrogen) atoms. The first-order valence-corrected chi connectivity index (χ1v) is 6.09. The molecule has 0 heterocycles. The first kappa shape index (κ1) is 17.2. The van der Waals surface area contributed by atoms with Gasteiger partial charge in [-0.25, -0.2) is 9.59 Å². The topological polar surface area (TPSA) is 116 Å². The van der Waals surface area contributed by atoms with E-state index >= 15 is 0 Å². The van der Waals surface area contributed by atoms with Crippen molar-refractivity contribution in [1.29, 1.82) is 0 Å². The molecule has 2 amide bonds. The summed E-state index contributed by atoms with van der Waals surface area (Å²) in [5.74, 6) is -0.434. The van der Waals surface area contributed by atoms with Gasteiger partial charge in [0, 0.05) is 18.5 Å². The van der Waals surface area contributed by atoms with Gasteiger partial charge in [0.25, 0.3) is 0 Å². The van der Waals surface area contributed by atoms with Gasteiger partial charge < -0.3 is 25.6 Å². The van der Waals surface area contributed by atoms with Crippen molar-refractivity contribution in [2.75, 3.05) is 6.54 Å². The number of carbonyl (C=O) groups excluding carboxylic acids is 1. The summed E-state index contributed by atoms with van der Waals surface area (Å²) in [6.45, 7) is 5.77. The maximum atomic E-state index is 11.0. The van der Waals surface area contributed by atoms with Crippen molar-refractivity contribution in [3.63, 3.8) is 0 Å². The highest BCUT2D eigenvalue weighted by atomic mass is 16.4. The van der Waals surface area contributed by atoms with E-state index < -0.39 is 24.1 Å². The number of rotatable bonds is 8.